The Kier molecular flexibility index (Phi) is 2.81. The lowest BCUT2D eigenvalue weighted by Crippen LogP contribution is -1.94. The number of rotatable bonds is 3. The van der Waals surface area contributed by atoms with Crippen molar-refractivity contribution in [3.63, 3.8) is 0 Å². The average Bonchev–Trinajstić information content (AvgIpc) is 2.80. The molecule has 1 aromatic heterocycles. The summed E-state index contributed by atoms with van der Waals surface area (Å²) in [7, 11) is 3.29. The molecule has 0 fully saturated rings. The zero-order chi connectivity index (χ0) is 11.5. The number of methoxy groups -OCH3 is 2. The van der Waals surface area contributed by atoms with Crippen molar-refractivity contribution in [3.8, 4) is 22.8 Å². The molecule has 4 heteroatoms. The van der Waals surface area contributed by atoms with Gasteiger partial charge >= 0.3 is 0 Å². The van der Waals surface area contributed by atoms with Gasteiger partial charge in [-0.2, -0.15) is 0 Å². The zero-order valence-corrected chi connectivity index (χ0v) is 9.57. The number of aryl methyl sites for hydroxylation is 1. The number of nitrogens with zero attached hydrogens (tertiary/aromatic N) is 1. The zero-order valence-electron chi connectivity index (χ0n) is 9.57. The van der Waals surface area contributed by atoms with Crippen molar-refractivity contribution in [2.45, 2.75) is 6.92 Å². The quantitative estimate of drug-likeness (QED) is 0.860. The number of aromatic amines is 1. The summed E-state index contributed by atoms with van der Waals surface area (Å²) < 4.78 is 10.7. The van der Waals surface area contributed by atoms with Crippen molar-refractivity contribution in [1.29, 1.82) is 0 Å². The number of aromatic nitrogens is 2. The Labute approximate surface area is 94.2 Å². The fraction of sp³-hybridized carbons (Fsp3) is 0.250. The molecular weight excluding hydrogens is 204 g/mol. The normalized spacial score (nSPS) is 10.2. The van der Waals surface area contributed by atoms with E-state index in [0.717, 1.165) is 28.3 Å². The third-order valence-electron chi connectivity index (χ3n) is 2.42. The van der Waals surface area contributed by atoms with Crippen LogP contribution in [0.15, 0.2) is 24.7 Å². The second-order valence-electron chi connectivity index (χ2n) is 3.51. The number of hydrogen-bond acceptors (Lipinski definition) is 3. The molecule has 0 amide bonds. The highest BCUT2D eigenvalue weighted by Crippen LogP contribution is 2.38. The first-order chi connectivity index (χ1) is 7.76. The summed E-state index contributed by atoms with van der Waals surface area (Å²) in [6.45, 7) is 2.00. The fourth-order valence-electron chi connectivity index (χ4n) is 1.70. The fourth-order valence-corrected chi connectivity index (χ4v) is 1.70. The largest absolute Gasteiger partial charge is 0.496 e. The first kappa shape index (κ1) is 10.5. The third kappa shape index (κ3) is 1.74. The molecule has 0 aliphatic carbocycles. The summed E-state index contributed by atoms with van der Waals surface area (Å²) >= 11 is 0. The highest BCUT2D eigenvalue weighted by Gasteiger charge is 2.14. The van der Waals surface area contributed by atoms with Crippen LogP contribution in [-0.2, 0) is 0 Å². The summed E-state index contributed by atoms with van der Waals surface area (Å²) in [6.07, 6.45) is 3.38. The Bertz CT molecular complexity index is 453. The third-order valence-corrected chi connectivity index (χ3v) is 2.42. The van der Waals surface area contributed by atoms with Crippen LogP contribution in [0.1, 0.15) is 5.56 Å². The van der Waals surface area contributed by atoms with Gasteiger partial charge in [-0.1, -0.05) is 0 Å². The van der Waals surface area contributed by atoms with Crippen molar-refractivity contribution < 1.29 is 9.47 Å². The average molecular weight is 218 g/mol. The molecule has 1 aromatic carbocycles. The van der Waals surface area contributed by atoms with Gasteiger partial charge in [0.2, 0.25) is 0 Å². The van der Waals surface area contributed by atoms with E-state index >= 15 is 0 Å². The van der Waals surface area contributed by atoms with Gasteiger partial charge in [0.1, 0.15) is 11.5 Å². The molecule has 84 valence electrons. The second kappa shape index (κ2) is 4.26. The van der Waals surface area contributed by atoms with E-state index in [2.05, 4.69) is 9.97 Å². The maximum absolute atomic E-state index is 5.36. The molecule has 0 spiro atoms. The summed E-state index contributed by atoms with van der Waals surface area (Å²) in [5, 5.41) is 0. The van der Waals surface area contributed by atoms with Gasteiger partial charge in [0.25, 0.3) is 0 Å². The van der Waals surface area contributed by atoms with Gasteiger partial charge in [0.05, 0.1) is 38.0 Å². The van der Waals surface area contributed by atoms with Gasteiger partial charge in [-0.3, -0.25) is 0 Å². The standard InChI is InChI=1S/C12H14N2O2/c1-8-4-10(15-2)12(11(5-8)16-3)9-6-13-7-14-9/h4-7H,1-3H3,(H,13,14). The molecular formula is C12H14N2O2. The number of ether oxygens (including phenoxy) is 2. The second-order valence-corrected chi connectivity index (χ2v) is 3.51. The SMILES string of the molecule is COc1cc(C)cc(OC)c1-c1cnc[nH]1. The molecule has 0 atom stereocenters. The number of hydrogen-bond donors (Lipinski definition) is 1. The molecule has 1 heterocycles. The predicted molar refractivity (Wildman–Crippen MR) is 61.9 cm³/mol. The molecule has 0 aliphatic rings. The molecule has 0 aliphatic heterocycles. The first-order valence-electron chi connectivity index (χ1n) is 4.97. The highest BCUT2D eigenvalue weighted by atomic mass is 16.5. The predicted octanol–water partition coefficient (Wildman–Crippen LogP) is 2.40. The Morgan fingerprint density at radius 2 is 1.75 bits per heavy atom. The molecule has 0 bridgehead atoms. The Hall–Kier alpha value is -1.97. The van der Waals surface area contributed by atoms with Crippen LogP contribution in [0.2, 0.25) is 0 Å². The maximum Gasteiger partial charge on any atom is 0.132 e. The van der Waals surface area contributed by atoms with Crippen molar-refractivity contribution in [2.24, 2.45) is 0 Å². The number of nitrogens with one attached hydrogen (secondary N) is 1. The van der Waals surface area contributed by atoms with E-state index in [9.17, 15) is 0 Å². The topological polar surface area (TPSA) is 47.1 Å². The van der Waals surface area contributed by atoms with E-state index < -0.39 is 0 Å². The Morgan fingerprint density at radius 3 is 2.19 bits per heavy atom. The molecule has 0 saturated heterocycles. The van der Waals surface area contributed by atoms with Crippen molar-refractivity contribution in [1.82, 2.24) is 9.97 Å². The molecule has 16 heavy (non-hydrogen) atoms. The molecule has 0 radical (unpaired) electrons. The summed E-state index contributed by atoms with van der Waals surface area (Å²) in [5.74, 6) is 1.56. The van der Waals surface area contributed by atoms with Crippen molar-refractivity contribution in [2.75, 3.05) is 14.2 Å². The van der Waals surface area contributed by atoms with E-state index in [4.69, 9.17) is 9.47 Å². The monoisotopic (exact) mass is 218 g/mol. The Morgan fingerprint density at radius 1 is 1.12 bits per heavy atom. The van der Waals surface area contributed by atoms with E-state index in [-0.39, 0.29) is 0 Å². The number of benzene rings is 1. The lowest BCUT2D eigenvalue weighted by Gasteiger charge is -2.12. The van der Waals surface area contributed by atoms with Gasteiger partial charge in [-0.25, -0.2) is 4.98 Å². The number of imidazole rings is 1. The summed E-state index contributed by atoms with van der Waals surface area (Å²) in [4.78, 5) is 7.06. The summed E-state index contributed by atoms with van der Waals surface area (Å²) in [5.41, 5.74) is 2.87. The van der Waals surface area contributed by atoms with Gasteiger partial charge in [0.15, 0.2) is 0 Å². The maximum atomic E-state index is 5.36. The van der Waals surface area contributed by atoms with Crippen molar-refractivity contribution in [3.05, 3.63) is 30.2 Å². The molecule has 4 nitrogen and oxygen atoms in total. The van der Waals surface area contributed by atoms with E-state index in [1.165, 1.54) is 0 Å². The van der Waals surface area contributed by atoms with Crippen LogP contribution in [0.25, 0.3) is 11.3 Å². The van der Waals surface area contributed by atoms with Gasteiger partial charge in [-0.15, -0.1) is 0 Å². The molecule has 0 unspecified atom stereocenters. The lowest BCUT2D eigenvalue weighted by atomic mass is 10.1. The minimum Gasteiger partial charge on any atom is -0.496 e. The van der Waals surface area contributed by atoms with Crippen LogP contribution in [-0.4, -0.2) is 24.2 Å². The van der Waals surface area contributed by atoms with Crippen molar-refractivity contribution >= 4 is 0 Å². The molecule has 0 saturated carbocycles. The minimum absolute atomic E-state index is 0.779. The van der Waals surface area contributed by atoms with E-state index in [1.807, 2.05) is 19.1 Å². The first-order valence-corrected chi connectivity index (χ1v) is 4.97. The van der Waals surface area contributed by atoms with Gasteiger partial charge < -0.3 is 14.5 Å². The van der Waals surface area contributed by atoms with E-state index in [1.54, 1.807) is 26.7 Å². The molecule has 2 rings (SSSR count). The van der Waals surface area contributed by atoms with Crippen LogP contribution < -0.4 is 9.47 Å². The van der Waals surface area contributed by atoms with Crippen LogP contribution in [0.3, 0.4) is 0 Å². The number of H-pyrrole nitrogens is 1. The van der Waals surface area contributed by atoms with Crippen LogP contribution >= 0.6 is 0 Å². The van der Waals surface area contributed by atoms with Crippen LogP contribution in [0.5, 0.6) is 11.5 Å². The highest BCUT2D eigenvalue weighted by molar-refractivity contribution is 5.74. The van der Waals surface area contributed by atoms with Gasteiger partial charge in [0, 0.05) is 0 Å². The summed E-state index contributed by atoms with van der Waals surface area (Å²) in [6, 6.07) is 3.94. The molecule has 2 aromatic rings. The van der Waals surface area contributed by atoms with E-state index in [0.29, 0.717) is 0 Å². The minimum atomic E-state index is 0.779. The van der Waals surface area contributed by atoms with Gasteiger partial charge in [-0.05, 0) is 24.6 Å². The lowest BCUT2D eigenvalue weighted by molar-refractivity contribution is 0.396. The van der Waals surface area contributed by atoms with Crippen LogP contribution in [0.4, 0.5) is 0 Å². The smallest absolute Gasteiger partial charge is 0.132 e. The Balaban J connectivity index is 2.65. The molecule has 1 N–H and O–H groups in total. The van der Waals surface area contributed by atoms with Crippen LogP contribution in [0, 0.1) is 6.92 Å².